The molecule has 0 radical (unpaired) electrons. The monoisotopic (exact) mass is 304 g/mol. The second kappa shape index (κ2) is 7.17. The fraction of sp³-hybridized carbons (Fsp3) is 0.632. The Morgan fingerprint density at radius 1 is 1.27 bits per heavy atom. The molecular weight excluding hydrogens is 276 g/mol. The topological polar surface area (TPSA) is 35.5 Å². The lowest BCUT2D eigenvalue weighted by atomic mass is 9.93. The molecule has 1 aliphatic carbocycles. The van der Waals surface area contributed by atoms with E-state index in [4.69, 9.17) is 9.47 Å². The van der Waals surface area contributed by atoms with Crippen LogP contribution in [0.2, 0.25) is 0 Å². The summed E-state index contributed by atoms with van der Waals surface area (Å²) in [4.78, 5) is 11.5. The van der Waals surface area contributed by atoms with Crippen LogP contribution in [0.3, 0.4) is 0 Å². The molecule has 1 aliphatic rings. The van der Waals surface area contributed by atoms with E-state index in [1.54, 1.807) is 0 Å². The summed E-state index contributed by atoms with van der Waals surface area (Å²) < 4.78 is 10.7. The fourth-order valence-corrected chi connectivity index (χ4v) is 3.18. The van der Waals surface area contributed by atoms with Crippen LogP contribution >= 0.6 is 0 Å². The number of esters is 1. The summed E-state index contributed by atoms with van der Waals surface area (Å²) in [5.41, 5.74) is 5.29. The molecule has 0 aliphatic heterocycles. The largest absolute Gasteiger partial charge is 0.493 e. The lowest BCUT2D eigenvalue weighted by Crippen LogP contribution is -2.06. The van der Waals surface area contributed by atoms with Crippen LogP contribution in [0.1, 0.15) is 48.4 Å². The Bertz CT molecular complexity index is 548. The summed E-state index contributed by atoms with van der Waals surface area (Å²) in [5.74, 6) is 1.61. The van der Waals surface area contributed by atoms with Crippen molar-refractivity contribution in [3.63, 3.8) is 0 Å². The third-order valence-corrected chi connectivity index (χ3v) is 4.86. The average molecular weight is 304 g/mol. The highest BCUT2D eigenvalue weighted by Crippen LogP contribution is 2.43. The number of ether oxygens (including phenoxy) is 2. The van der Waals surface area contributed by atoms with E-state index in [0.717, 1.165) is 38.0 Å². The number of benzene rings is 1. The molecule has 0 amide bonds. The Labute approximate surface area is 134 Å². The van der Waals surface area contributed by atoms with Crippen molar-refractivity contribution in [1.82, 2.24) is 0 Å². The molecule has 1 aromatic carbocycles. The second-order valence-electron chi connectivity index (χ2n) is 6.43. The van der Waals surface area contributed by atoms with Gasteiger partial charge in [0, 0.05) is 0 Å². The molecule has 2 atom stereocenters. The standard InChI is InChI=1S/C19H28O3/c1-6-9-22-18-10-12(2)16(13(3)14(18)4)8-7-15-11-17(15)19(20)21-5/h10,15,17H,6-9,11H2,1-5H3. The quantitative estimate of drug-likeness (QED) is 0.710. The normalized spacial score (nSPS) is 19.9. The van der Waals surface area contributed by atoms with Gasteiger partial charge in [-0.15, -0.1) is 0 Å². The van der Waals surface area contributed by atoms with Gasteiger partial charge in [0.2, 0.25) is 0 Å². The Morgan fingerprint density at radius 3 is 2.64 bits per heavy atom. The molecule has 0 bridgehead atoms. The number of aryl methyl sites for hydroxylation is 1. The average Bonchev–Trinajstić information content (AvgIpc) is 3.28. The van der Waals surface area contributed by atoms with E-state index in [1.807, 2.05) is 0 Å². The third kappa shape index (κ3) is 3.63. The maximum atomic E-state index is 11.5. The molecule has 2 unspecified atom stereocenters. The molecule has 3 nitrogen and oxygen atoms in total. The first-order valence-electron chi connectivity index (χ1n) is 8.29. The van der Waals surface area contributed by atoms with Crippen molar-refractivity contribution in [2.45, 2.75) is 53.4 Å². The molecule has 1 fully saturated rings. The van der Waals surface area contributed by atoms with E-state index in [2.05, 4.69) is 33.8 Å². The first-order valence-corrected chi connectivity index (χ1v) is 8.29. The zero-order valence-corrected chi connectivity index (χ0v) is 14.5. The van der Waals surface area contributed by atoms with Gasteiger partial charge in [0.25, 0.3) is 0 Å². The fourth-order valence-electron chi connectivity index (χ4n) is 3.18. The van der Waals surface area contributed by atoms with Gasteiger partial charge in [-0.1, -0.05) is 6.92 Å². The van der Waals surface area contributed by atoms with Crippen molar-refractivity contribution in [1.29, 1.82) is 0 Å². The molecule has 22 heavy (non-hydrogen) atoms. The smallest absolute Gasteiger partial charge is 0.308 e. The van der Waals surface area contributed by atoms with Crippen molar-refractivity contribution >= 4 is 5.97 Å². The molecule has 1 saturated carbocycles. The SMILES string of the molecule is CCCOc1cc(C)c(CCC2CC2C(=O)OC)c(C)c1C. The minimum Gasteiger partial charge on any atom is -0.493 e. The Morgan fingerprint density at radius 2 is 2.00 bits per heavy atom. The third-order valence-electron chi connectivity index (χ3n) is 4.86. The highest BCUT2D eigenvalue weighted by molar-refractivity contribution is 5.75. The number of methoxy groups -OCH3 is 1. The number of carbonyl (C=O) groups excluding carboxylic acids is 1. The van der Waals surface area contributed by atoms with Gasteiger partial charge in [-0.3, -0.25) is 4.79 Å². The van der Waals surface area contributed by atoms with Gasteiger partial charge in [0.05, 0.1) is 19.6 Å². The summed E-state index contributed by atoms with van der Waals surface area (Å²) >= 11 is 0. The summed E-state index contributed by atoms with van der Waals surface area (Å²) in [6.45, 7) is 9.36. The van der Waals surface area contributed by atoms with E-state index in [-0.39, 0.29) is 11.9 Å². The molecule has 3 heteroatoms. The number of hydrogen-bond acceptors (Lipinski definition) is 3. The van der Waals surface area contributed by atoms with Gasteiger partial charge < -0.3 is 9.47 Å². The minimum atomic E-state index is -0.0436. The Balaban J connectivity index is 2.03. The predicted octanol–water partition coefficient (Wildman–Crippen LogP) is 4.14. The van der Waals surface area contributed by atoms with E-state index >= 15 is 0 Å². The van der Waals surface area contributed by atoms with Crippen molar-refractivity contribution in [3.8, 4) is 5.75 Å². The lowest BCUT2D eigenvalue weighted by molar-refractivity contribution is -0.142. The van der Waals surface area contributed by atoms with Gasteiger partial charge in [-0.05, 0) is 80.7 Å². The Kier molecular flexibility index (Phi) is 5.49. The van der Waals surface area contributed by atoms with Crippen molar-refractivity contribution in [2.75, 3.05) is 13.7 Å². The van der Waals surface area contributed by atoms with Gasteiger partial charge in [0.15, 0.2) is 0 Å². The van der Waals surface area contributed by atoms with E-state index < -0.39 is 0 Å². The molecular formula is C19H28O3. The molecule has 1 aromatic rings. The van der Waals surface area contributed by atoms with Gasteiger partial charge in [0.1, 0.15) is 5.75 Å². The zero-order chi connectivity index (χ0) is 16.3. The summed E-state index contributed by atoms with van der Waals surface area (Å²) in [6.07, 6.45) is 4.11. The summed E-state index contributed by atoms with van der Waals surface area (Å²) in [5, 5.41) is 0. The van der Waals surface area contributed by atoms with Crippen LogP contribution in [0.5, 0.6) is 5.75 Å². The molecule has 122 valence electrons. The molecule has 0 heterocycles. The maximum Gasteiger partial charge on any atom is 0.308 e. The first-order chi connectivity index (χ1) is 10.5. The van der Waals surface area contributed by atoms with Gasteiger partial charge in [-0.2, -0.15) is 0 Å². The van der Waals surface area contributed by atoms with E-state index in [9.17, 15) is 4.79 Å². The van der Waals surface area contributed by atoms with Crippen LogP contribution in [0.4, 0.5) is 0 Å². The number of rotatable bonds is 7. The highest BCUT2D eigenvalue weighted by atomic mass is 16.5. The Hall–Kier alpha value is -1.51. The molecule has 0 saturated heterocycles. The van der Waals surface area contributed by atoms with E-state index in [0.29, 0.717) is 5.92 Å². The zero-order valence-electron chi connectivity index (χ0n) is 14.5. The van der Waals surface area contributed by atoms with E-state index in [1.165, 1.54) is 29.4 Å². The summed E-state index contributed by atoms with van der Waals surface area (Å²) in [6, 6.07) is 2.16. The molecule has 2 rings (SSSR count). The number of carbonyl (C=O) groups is 1. The molecule has 0 N–H and O–H groups in total. The first kappa shape index (κ1) is 16.9. The van der Waals surface area contributed by atoms with Gasteiger partial charge in [-0.25, -0.2) is 0 Å². The van der Waals surface area contributed by atoms with Crippen LogP contribution < -0.4 is 4.74 Å². The van der Waals surface area contributed by atoms with Crippen LogP contribution in [-0.2, 0) is 16.0 Å². The maximum absolute atomic E-state index is 11.5. The van der Waals surface area contributed by atoms with Crippen molar-refractivity contribution < 1.29 is 14.3 Å². The lowest BCUT2D eigenvalue weighted by Gasteiger charge is -2.17. The van der Waals surface area contributed by atoms with Crippen LogP contribution in [0.15, 0.2) is 6.07 Å². The van der Waals surface area contributed by atoms with Crippen molar-refractivity contribution in [2.24, 2.45) is 11.8 Å². The van der Waals surface area contributed by atoms with Crippen LogP contribution in [0.25, 0.3) is 0 Å². The molecule has 0 spiro atoms. The molecule has 0 aromatic heterocycles. The number of hydrogen-bond donors (Lipinski definition) is 0. The van der Waals surface area contributed by atoms with Crippen molar-refractivity contribution in [3.05, 3.63) is 28.3 Å². The van der Waals surface area contributed by atoms with Crippen LogP contribution in [0, 0.1) is 32.6 Å². The summed E-state index contributed by atoms with van der Waals surface area (Å²) in [7, 11) is 1.48. The van der Waals surface area contributed by atoms with Crippen LogP contribution in [-0.4, -0.2) is 19.7 Å². The second-order valence-corrected chi connectivity index (χ2v) is 6.43. The highest BCUT2D eigenvalue weighted by Gasteiger charge is 2.43. The predicted molar refractivity (Wildman–Crippen MR) is 88.4 cm³/mol. The minimum absolute atomic E-state index is 0.0436. The van der Waals surface area contributed by atoms with Gasteiger partial charge >= 0.3 is 5.97 Å².